The number of anilines is 2. The van der Waals surface area contributed by atoms with Crippen molar-refractivity contribution >= 4 is 23.2 Å². The molecular weight excluding hydrogens is 258 g/mol. The van der Waals surface area contributed by atoms with E-state index in [9.17, 15) is 9.59 Å². The summed E-state index contributed by atoms with van der Waals surface area (Å²) in [6, 6.07) is 6.69. The highest BCUT2D eigenvalue weighted by Gasteiger charge is 2.18. The zero-order chi connectivity index (χ0) is 14.7. The number of hydrogen-bond acceptors (Lipinski definition) is 4. The highest BCUT2D eigenvalue weighted by atomic mass is 16.2. The third-order valence-corrected chi connectivity index (χ3v) is 2.86. The van der Waals surface area contributed by atoms with Crippen LogP contribution in [-0.4, -0.2) is 29.1 Å². The van der Waals surface area contributed by atoms with Crippen LogP contribution in [0.2, 0.25) is 0 Å². The van der Waals surface area contributed by atoms with Gasteiger partial charge in [0.25, 0.3) is 11.8 Å². The molecule has 0 aliphatic carbocycles. The number of hydrogen-bond donors (Lipinski definition) is 4. The molecule has 7 nitrogen and oxygen atoms in total. The van der Waals surface area contributed by atoms with Gasteiger partial charge in [0.1, 0.15) is 0 Å². The number of para-hydroxylation sites is 1. The van der Waals surface area contributed by atoms with E-state index in [1.54, 1.807) is 31.2 Å². The predicted molar refractivity (Wildman–Crippen MR) is 75.5 cm³/mol. The smallest absolute Gasteiger partial charge is 0.278 e. The van der Waals surface area contributed by atoms with Crippen molar-refractivity contribution in [3.05, 3.63) is 41.2 Å². The van der Waals surface area contributed by atoms with Crippen LogP contribution >= 0.6 is 0 Å². The van der Waals surface area contributed by atoms with Crippen molar-refractivity contribution < 1.29 is 9.59 Å². The van der Waals surface area contributed by atoms with Crippen LogP contribution in [0.3, 0.4) is 0 Å². The first-order valence-corrected chi connectivity index (χ1v) is 5.97. The minimum absolute atomic E-state index is 0.106. The lowest BCUT2D eigenvalue weighted by atomic mass is 10.1. The van der Waals surface area contributed by atoms with E-state index in [1.807, 2.05) is 0 Å². The van der Waals surface area contributed by atoms with E-state index < -0.39 is 5.91 Å². The number of carbonyl (C=O) groups excluding carboxylic acids is 2. The van der Waals surface area contributed by atoms with Gasteiger partial charge in [-0.15, -0.1) is 0 Å². The Balaban J connectivity index is 2.29. The Morgan fingerprint density at radius 3 is 2.55 bits per heavy atom. The van der Waals surface area contributed by atoms with Crippen LogP contribution in [0, 0.1) is 6.92 Å². The number of H-pyrrole nitrogens is 1. The van der Waals surface area contributed by atoms with Crippen molar-refractivity contribution in [1.29, 1.82) is 0 Å². The molecule has 0 spiro atoms. The molecule has 0 bridgehead atoms. The molecule has 0 saturated carbocycles. The third-order valence-electron chi connectivity index (χ3n) is 2.86. The number of nitrogens with two attached hydrogens (primary N) is 1. The van der Waals surface area contributed by atoms with E-state index in [-0.39, 0.29) is 11.6 Å². The molecular formula is C13H15N5O2. The van der Waals surface area contributed by atoms with Crippen molar-refractivity contribution in [1.82, 2.24) is 15.5 Å². The SMILES string of the molecule is CNC(=O)c1ccccc1NC(=O)c1n[nH]c(C)c1N. The number of nitrogens with one attached hydrogen (secondary N) is 3. The maximum Gasteiger partial charge on any atom is 0.278 e. The number of aromatic nitrogens is 2. The van der Waals surface area contributed by atoms with Gasteiger partial charge in [-0.1, -0.05) is 12.1 Å². The number of nitrogen functional groups attached to an aromatic ring is 1. The Kier molecular flexibility index (Phi) is 3.69. The van der Waals surface area contributed by atoms with E-state index in [1.165, 1.54) is 7.05 Å². The first-order valence-electron chi connectivity index (χ1n) is 5.97. The molecule has 0 radical (unpaired) electrons. The van der Waals surface area contributed by atoms with Crippen LogP contribution in [0.5, 0.6) is 0 Å². The van der Waals surface area contributed by atoms with Crippen LogP contribution < -0.4 is 16.4 Å². The van der Waals surface area contributed by atoms with Crippen molar-refractivity contribution in [3.8, 4) is 0 Å². The molecule has 104 valence electrons. The molecule has 2 aromatic rings. The third kappa shape index (κ3) is 2.46. The maximum atomic E-state index is 12.1. The van der Waals surface area contributed by atoms with Gasteiger partial charge >= 0.3 is 0 Å². The van der Waals surface area contributed by atoms with E-state index in [2.05, 4.69) is 20.8 Å². The van der Waals surface area contributed by atoms with E-state index >= 15 is 0 Å². The molecule has 20 heavy (non-hydrogen) atoms. The van der Waals surface area contributed by atoms with Gasteiger partial charge < -0.3 is 16.4 Å². The molecule has 2 amide bonds. The molecule has 1 heterocycles. The number of carbonyl (C=O) groups is 2. The molecule has 7 heteroatoms. The van der Waals surface area contributed by atoms with Crippen molar-refractivity contribution in [2.24, 2.45) is 0 Å². The summed E-state index contributed by atoms with van der Waals surface area (Å²) in [5.41, 5.74) is 7.53. The van der Waals surface area contributed by atoms with Gasteiger partial charge in [0.05, 0.1) is 22.6 Å². The molecule has 5 N–H and O–H groups in total. The van der Waals surface area contributed by atoms with Gasteiger partial charge in [-0.25, -0.2) is 0 Å². The summed E-state index contributed by atoms with van der Waals surface area (Å²) in [5.74, 6) is -0.754. The van der Waals surface area contributed by atoms with Gasteiger partial charge in [-0.2, -0.15) is 5.10 Å². The topological polar surface area (TPSA) is 113 Å². The lowest BCUT2D eigenvalue weighted by molar-refractivity contribution is 0.0964. The van der Waals surface area contributed by atoms with E-state index in [4.69, 9.17) is 5.73 Å². The first kappa shape index (κ1) is 13.6. The maximum absolute atomic E-state index is 12.1. The number of amides is 2. The fourth-order valence-electron chi connectivity index (χ4n) is 1.72. The van der Waals surface area contributed by atoms with Crippen molar-refractivity contribution in [2.75, 3.05) is 18.1 Å². The first-order chi connectivity index (χ1) is 9.54. The predicted octanol–water partition coefficient (Wildman–Crippen LogP) is 0.912. The highest BCUT2D eigenvalue weighted by Crippen LogP contribution is 2.18. The summed E-state index contributed by atoms with van der Waals surface area (Å²) in [5, 5.41) is 11.6. The largest absolute Gasteiger partial charge is 0.395 e. The second-order valence-corrected chi connectivity index (χ2v) is 4.19. The molecule has 0 fully saturated rings. The zero-order valence-electron chi connectivity index (χ0n) is 11.2. The fraction of sp³-hybridized carbons (Fsp3) is 0.154. The van der Waals surface area contributed by atoms with Crippen LogP contribution in [0.4, 0.5) is 11.4 Å². The molecule has 0 aliphatic heterocycles. The lowest BCUT2D eigenvalue weighted by Gasteiger charge is -2.09. The molecule has 1 aromatic carbocycles. The van der Waals surface area contributed by atoms with Crippen LogP contribution in [-0.2, 0) is 0 Å². The summed E-state index contributed by atoms with van der Waals surface area (Å²) in [6.45, 7) is 1.72. The Morgan fingerprint density at radius 2 is 1.95 bits per heavy atom. The molecule has 0 unspecified atom stereocenters. The van der Waals surface area contributed by atoms with Gasteiger partial charge in [-0.05, 0) is 19.1 Å². The standard InChI is InChI=1S/C13H15N5O2/c1-7-10(14)11(18-17-7)13(20)16-9-6-4-3-5-8(9)12(19)15-2/h3-6H,14H2,1-2H3,(H,15,19)(H,16,20)(H,17,18). The van der Waals surface area contributed by atoms with Crippen molar-refractivity contribution in [2.45, 2.75) is 6.92 Å². The van der Waals surface area contributed by atoms with Crippen LogP contribution in [0.1, 0.15) is 26.5 Å². The minimum atomic E-state index is -0.469. The summed E-state index contributed by atoms with van der Waals surface area (Å²) < 4.78 is 0. The number of aromatic amines is 1. The Labute approximate surface area is 115 Å². The van der Waals surface area contributed by atoms with Gasteiger partial charge in [0, 0.05) is 7.05 Å². The molecule has 0 atom stereocenters. The Bertz CT molecular complexity index is 663. The number of aryl methyl sites for hydroxylation is 1. The quantitative estimate of drug-likeness (QED) is 0.665. The minimum Gasteiger partial charge on any atom is -0.395 e. The van der Waals surface area contributed by atoms with Gasteiger partial charge in [0.15, 0.2) is 5.69 Å². The molecule has 2 rings (SSSR count). The van der Waals surface area contributed by atoms with E-state index in [0.717, 1.165) is 0 Å². The van der Waals surface area contributed by atoms with Gasteiger partial charge in [-0.3, -0.25) is 14.7 Å². The van der Waals surface area contributed by atoms with Crippen molar-refractivity contribution in [3.63, 3.8) is 0 Å². The Hall–Kier alpha value is -2.83. The average Bonchev–Trinajstić information content (AvgIpc) is 2.79. The molecule has 0 aliphatic rings. The number of rotatable bonds is 3. The monoisotopic (exact) mass is 273 g/mol. The van der Waals surface area contributed by atoms with Crippen LogP contribution in [0.25, 0.3) is 0 Å². The normalized spacial score (nSPS) is 10.1. The average molecular weight is 273 g/mol. The second kappa shape index (κ2) is 5.43. The summed E-state index contributed by atoms with van der Waals surface area (Å²) >= 11 is 0. The van der Waals surface area contributed by atoms with Crippen LogP contribution in [0.15, 0.2) is 24.3 Å². The summed E-state index contributed by atoms with van der Waals surface area (Å²) in [4.78, 5) is 23.8. The summed E-state index contributed by atoms with van der Waals surface area (Å²) in [6.07, 6.45) is 0. The van der Waals surface area contributed by atoms with E-state index in [0.29, 0.717) is 22.6 Å². The molecule has 0 saturated heterocycles. The second-order valence-electron chi connectivity index (χ2n) is 4.19. The number of benzene rings is 1. The Morgan fingerprint density at radius 1 is 1.25 bits per heavy atom. The van der Waals surface area contributed by atoms with Gasteiger partial charge in [0.2, 0.25) is 0 Å². The fourth-order valence-corrected chi connectivity index (χ4v) is 1.72. The lowest BCUT2D eigenvalue weighted by Crippen LogP contribution is -2.22. The number of nitrogens with zero attached hydrogens (tertiary/aromatic N) is 1. The molecule has 1 aromatic heterocycles. The zero-order valence-corrected chi connectivity index (χ0v) is 11.2. The highest BCUT2D eigenvalue weighted by molar-refractivity contribution is 6.10. The summed E-state index contributed by atoms with van der Waals surface area (Å²) in [7, 11) is 1.52.